The van der Waals surface area contributed by atoms with Gasteiger partial charge < -0.3 is 15.7 Å². The van der Waals surface area contributed by atoms with Gasteiger partial charge in [0.2, 0.25) is 0 Å². The van der Waals surface area contributed by atoms with Crippen molar-refractivity contribution in [2.45, 2.75) is 64.1 Å². The summed E-state index contributed by atoms with van der Waals surface area (Å²) >= 11 is 0. The Hall–Kier alpha value is -1.30. The van der Waals surface area contributed by atoms with E-state index in [0.29, 0.717) is 6.04 Å². The van der Waals surface area contributed by atoms with E-state index in [0.717, 1.165) is 25.9 Å². The molecule has 21 heavy (non-hydrogen) atoms. The number of hydrogen-bond acceptors (Lipinski definition) is 3. The van der Waals surface area contributed by atoms with Crippen molar-refractivity contribution < 1.29 is 14.7 Å². The van der Waals surface area contributed by atoms with Gasteiger partial charge in [0.15, 0.2) is 0 Å². The molecule has 0 aliphatic carbocycles. The summed E-state index contributed by atoms with van der Waals surface area (Å²) in [4.78, 5) is 25.4. The fourth-order valence-corrected chi connectivity index (χ4v) is 3.44. The molecule has 120 valence electrons. The third-order valence-corrected chi connectivity index (χ3v) is 4.69. The Labute approximate surface area is 126 Å². The standard InChI is InChI=1S/C15H27N3O3/c1-10(2)12(9-14(19)20)17-15(21)16-11-6-8-18-7-4-3-5-13(11)18/h10-13H,3-9H2,1-2H3,(H,19,20)(H2,16,17,21). The summed E-state index contributed by atoms with van der Waals surface area (Å²) in [5.74, 6) is -0.782. The van der Waals surface area contributed by atoms with Crippen LogP contribution < -0.4 is 10.6 Å². The van der Waals surface area contributed by atoms with Gasteiger partial charge in [-0.25, -0.2) is 4.79 Å². The minimum atomic E-state index is -0.881. The number of piperidine rings is 1. The summed E-state index contributed by atoms with van der Waals surface area (Å²) in [6.07, 6.45) is 4.58. The fraction of sp³-hybridized carbons (Fsp3) is 0.867. The van der Waals surface area contributed by atoms with Crippen LogP contribution in [-0.4, -0.2) is 53.2 Å². The molecule has 0 spiro atoms. The Morgan fingerprint density at radius 1 is 1.24 bits per heavy atom. The number of urea groups is 1. The maximum atomic E-state index is 12.1. The van der Waals surface area contributed by atoms with Crippen LogP contribution in [0.3, 0.4) is 0 Å². The van der Waals surface area contributed by atoms with Gasteiger partial charge in [-0.15, -0.1) is 0 Å². The molecule has 2 amide bonds. The van der Waals surface area contributed by atoms with Gasteiger partial charge in [-0.2, -0.15) is 0 Å². The molecular formula is C15H27N3O3. The van der Waals surface area contributed by atoms with Crippen molar-refractivity contribution in [3.63, 3.8) is 0 Å². The van der Waals surface area contributed by atoms with Gasteiger partial charge in [0.1, 0.15) is 0 Å². The molecule has 3 unspecified atom stereocenters. The average molecular weight is 297 g/mol. The molecular weight excluding hydrogens is 270 g/mol. The lowest BCUT2D eigenvalue weighted by molar-refractivity contribution is -0.137. The largest absolute Gasteiger partial charge is 0.481 e. The maximum Gasteiger partial charge on any atom is 0.315 e. The van der Waals surface area contributed by atoms with E-state index in [1.54, 1.807) is 0 Å². The summed E-state index contributed by atoms with van der Waals surface area (Å²) in [7, 11) is 0. The van der Waals surface area contributed by atoms with Gasteiger partial charge in [-0.1, -0.05) is 20.3 Å². The lowest BCUT2D eigenvalue weighted by Gasteiger charge is -2.33. The number of carboxylic acid groups (broad SMARTS) is 1. The first-order valence-corrected chi connectivity index (χ1v) is 8.00. The monoisotopic (exact) mass is 297 g/mol. The van der Waals surface area contributed by atoms with Gasteiger partial charge in [0, 0.05) is 24.7 Å². The molecule has 0 radical (unpaired) electrons. The van der Waals surface area contributed by atoms with Crippen molar-refractivity contribution in [2.75, 3.05) is 13.1 Å². The second kappa shape index (κ2) is 7.11. The van der Waals surface area contributed by atoms with Gasteiger partial charge in [-0.3, -0.25) is 9.69 Å². The molecule has 0 aromatic carbocycles. The molecule has 2 heterocycles. The van der Waals surface area contributed by atoms with Crippen LogP contribution in [0.25, 0.3) is 0 Å². The van der Waals surface area contributed by atoms with E-state index in [2.05, 4.69) is 15.5 Å². The number of amides is 2. The summed E-state index contributed by atoms with van der Waals surface area (Å²) in [5, 5.41) is 14.8. The van der Waals surface area contributed by atoms with Crippen molar-refractivity contribution in [3.8, 4) is 0 Å². The van der Waals surface area contributed by atoms with Crippen molar-refractivity contribution in [1.82, 2.24) is 15.5 Å². The number of rotatable bonds is 5. The molecule has 0 aromatic rings. The third kappa shape index (κ3) is 4.33. The molecule has 2 fully saturated rings. The molecule has 0 saturated carbocycles. The predicted molar refractivity (Wildman–Crippen MR) is 80.2 cm³/mol. The zero-order valence-corrected chi connectivity index (χ0v) is 13.0. The smallest absolute Gasteiger partial charge is 0.315 e. The van der Waals surface area contributed by atoms with Crippen molar-refractivity contribution in [3.05, 3.63) is 0 Å². The number of nitrogens with one attached hydrogen (secondary N) is 2. The van der Waals surface area contributed by atoms with Gasteiger partial charge in [0.25, 0.3) is 0 Å². The topological polar surface area (TPSA) is 81.7 Å². The van der Waals surface area contributed by atoms with Gasteiger partial charge >= 0.3 is 12.0 Å². The average Bonchev–Trinajstić information content (AvgIpc) is 2.81. The summed E-state index contributed by atoms with van der Waals surface area (Å²) in [5.41, 5.74) is 0. The van der Waals surface area contributed by atoms with E-state index in [-0.39, 0.29) is 30.5 Å². The number of carboxylic acids is 1. The van der Waals surface area contributed by atoms with E-state index in [1.165, 1.54) is 12.8 Å². The molecule has 6 heteroatoms. The number of aliphatic carboxylic acids is 1. The van der Waals surface area contributed by atoms with Crippen LogP contribution in [0, 0.1) is 5.92 Å². The first kappa shape index (κ1) is 16.1. The first-order valence-electron chi connectivity index (χ1n) is 8.00. The molecule has 3 atom stereocenters. The highest BCUT2D eigenvalue weighted by Gasteiger charge is 2.36. The van der Waals surface area contributed by atoms with Crippen LogP contribution in [0.1, 0.15) is 46.0 Å². The lowest BCUT2D eigenvalue weighted by Crippen LogP contribution is -2.52. The van der Waals surface area contributed by atoms with Crippen LogP contribution in [0.2, 0.25) is 0 Å². The molecule has 0 bridgehead atoms. The molecule has 2 aliphatic rings. The Kier molecular flexibility index (Phi) is 5.45. The van der Waals surface area contributed by atoms with Crippen LogP contribution in [0.4, 0.5) is 4.79 Å². The zero-order chi connectivity index (χ0) is 15.4. The van der Waals surface area contributed by atoms with E-state index in [1.807, 2.05) is 13.8 Å². The SMILES string of the molecule is CC(C)C(CC(=O)O)NC(=O)NC1CCN2CCCCC12. The van der Waals surface area contributed by atoms with E-state index < -0.39 is 5.97 Å². The second-order valence-corrected chi connectivity index (χ2v) is 6.56. The molecule has 2 aliphatic heterocycles. The molecule has 3 N–H and O–H groups in total. The third-order valence-electron chi connectivity index (χ3n) is 4.69. The number of fused-ring (bicyclic) bond motifs is 1. The lowest BCUT2D eigenvalue weighted by atomic mass is 9.99. The van der Waals surface area contributed by atoms with Crippen LogP contribution in [0.15, 0.2) is 0 Å². The molecule has 2 saturated heterocycles. The zero-order valence-electron chi connectivity index (χ0n) is 13.0. The highest BCUT2D eigenvalue weighted by atomic mass is 16.4. The molecule has 6 nitrogen and oxygen atoms in total. The minimum absolute atomic E-state index is 0.0364. The van der Waals surface area contributed by atoms with E-state index in [9.17, 15) is 9.59 Å². The second-order valence-electron chi connectivity index (χ2n) is 6.56. The molecule has 0 aromatic heterocycles. The van der Waals surface area contributed by atoms with Crippen molar-refractivity contribution in [1.29, 1.82) is 0 Å². The normalized spacial score (nSPS) is 27.2. The van der Waals surface area contributed by atoms with Gasteiger partial charge in [-0.05, 0) is 31.7 Å². The highest BCUT2D eigenvalue weighted by molar-refractivity contribution is 5.76. The van der Waals surface area contributed by atoms with Crippen molar-refractivity contribution in [2.24, 2.45) is 5.92 Å². The number of nitrogens with zero attached hydrogens (tertiary/aromatic N) is 1. The predicted octanol–water partition coefficient (Wildman–Crippen LogP) is 1.41. The van der Waals surface area contributed by atoms with Crippen molar-refractivity contribution >= 4 is 12.0 Å². The van der Waals surface area contributed by atoms with E-state index in [4.69, 9.17) is 5.11 Å². The Balaban J connectivity index is 1.84. The number of carbonyl (C=O) groups excluding carboxylic acids is 1. The van der Waals surface area contributed by atoms with Crippen LogP contribution >= 0.6 is 0 Å². The fourth-order valence-electron chi connectivity index (χ4n) is 3.44. The summed E-state index contributed by atoms with van der Waals surface area (Å²) < 4.78 is 0. The maximum absolute atomic E-state index is 12.1. The summed E-state index contributed by atoms with van der Waals surface area (Å²) in [6, 6.07) is 0.100. The highest BCUT2D eigenvalue weighted by Crippen LogP contribution is 2.27. The van der Waals surface area contributed by atoms with Gasteiger partial charge in [0.05, 0.1) is 6.42 Å². The quantitative estimate of drug-likeness (QED) is 0.716. The Bertz CT molecular complexity index is 386. The minimum Gasteiger partial charge on any atom is -0.481 e. The Morgan fingerprint density at radius 2 is 2.00 bits per heavy atom. The van der Waals surface area contributed by atoms with Crippen LogP contribution in [-0.2, 0) is 4.79 Å². The number of carbonyl (C=O) groups is 2. The first-order chi connectivity index (χ1) is 9.97. The molecule has 2 rings (SSSR count). The van der Waals surface area contributed by atoms with Crippen LogP contribution in [0.5, 0.6) is 0 Å². The van der Waals surface area contributed by atoms with E-state index >= 15 is 0 Å². The number of hydrogen-bond donors (Lipinski definition) is 3. The summed E-state index contributed by atoms with van der Waals surface area (Å²) in [6.45, 7) is 6.04. The Morgan fingerprint density at radius 3 is 2.67 bits per heavy atom.